The van der Waals surface area contributed by atoms with Gasteiger partial charge in [-0.05, 0) is 109 Å². The molecule has 0 heterocycles. The summed E-state index contributed by atoms with van der Waals surface area (Å²) in [4.78, 5) is 38.0. The standard InChI is InChI=1S/C59H96O6/c1-4-7-10-13-16-19-22-25-27-28-29-30-32-34-37-40-43-46-49-52-58(61)64-55-56(54-63-57(60)51-48-45-42-39-36-33-24-21-18-15-12-9-6-3)65-59(62)53-50-47-44-41-38-35-31-26-23-20-17-14-11-8-5-2/h7,10,16-17,19-20,23,25-27,29-30,33-34,36-37,43,46,56H,4-6,8-9,11-15,18,21-22,24,28,31-32,35,38-42,44-45,47-55H2,1-3H3/b10-7-,19-16-,20-17-,26-23-,27-25-,30-29-,36-33-,37-34-,46-43-. The van der Waals surface area contributed by atoms with Gasteiger partial charge in [0, 0.05) is 19.3 Å². The molecule has 0 N–H and O–H groups in total. The number of carbonyl (C=O) groups excluding carboxylic acids is 3. The zero-order valence-corrected chi connectivity index (χ0v) is 42.0. The summed E-state index contributed by atoms with van der Waals surface area (Å²) in [7, 11) is 0. The van der Waals surface area contributed by atoms with Crippen LogP contribution in [0.3, 0.4) is 0 Å². The predicted octanol–water partition coefficient (Wildman–Crippen LogP) is 17.5. The van der Waals surface area contributed by atoms with Gasteiger partial charge in [0.25, 0.3) is 0 Å². The van der Waals surface area contributed by atoms with Gasteiger partial charge in [0.1, 0.15) is 13.2 Å². The zero-order chi connectivity index (χ0) is 47.2. The molecule has 0 bridgehead atoms. The minimum Gasteiger partial charge on any atom is -0.462 e. The van der Waals surface area contributed by atoms with Crippen molar-refractivity contribution < 1.29 is 28.6 Å². The van der Waals surface area contributed by atoms with Gasteiger partial charge in [-0.2, -0.15) is 0 Å². The van der Waals surface area contributed by atoms with Crippen LogP contribution in [0.25, 0.3) is 0 Å². The Kier molecular flexibility index (Phi) is 49.5. The number of carbonyl (C=O) groups is 3. The molecule has 6 nitrogen and oxygen atoms in total. The van der Waals surface area contributed by atoms with Gasteiger partial charge in [-0.15, -0.1) is 0 Å². The van der Waals surface area contributed by atoms with E-state index in [9.17, 15) is 14.4 Å². The summed E-state index contributed by atoms with van der Waals surface area (Å²) in [5.74, 6) is -1.03. The summed E-state index contributed by atoms with van der Waals surface area (Å²) < 4.78 is 16.7. The van der Waals surface area contributed by atoms with Crippen LogP contribution in [0.1, 0.15) is 226 Å². The van der Waals surface area contributed by atoms with E-state index in [2.05, 4.69) is 118 Å². The maximum Gasteiger partial charge on any atom is 0.306 e. The first-order valence-electron chi connectivity index (χ1n) is 26.4. The number of hydrogen-bond donors (Lipinski definition) is 0. The second kappa shape index (κ2) is 52.7. The average molecular weight is 901 g/mol. The fourth-order valence-electron chi connectivity index (χ4n) is 6.80. The molecule has 0 aromatic carbocycles. The third-order valence-electron chi connectivity index (χ3n) is 10.8. The summed E-state index contributed by atoms with van der Waals surface area (Å²) in [5.41, 5.74) is 0. The molecular formula is C59H96O6. The molecule has 0 saturated heterocycles. The van der Waals surface area contributed by atoms with Crippen LogP contribution in [0.15, 0.2) is 109 Å². The van der Waals surface area contributed by atoms with Crippen molar-refractivity contribution >= 4 is 17.9 Å². The number of esters is 3. The van der Waals surface area contributed by atoms with Gasteiger partial charge in [0.15, 0.2) is 6.10 Å². The van der Waals surface area contributed by atoms with E-state index in [0.29, 0.717) is 19.3 Å². The lowest BCUT2D eigenvalue weighted by atomic mass is 10.1. The Bertz CT molecular complexity index is 1360. The molecule has 0 aliphatic heterocycles. The maximum absolute atomic E-state index is 12.8. The van der Waals surface area contributed by atoms with E-state index >= 15 is 0 Å². The van der Waals surface area contributed by atoms with Gasteiger partial charge in [-0.1, -0.05) is 207 Å². The lowest BCUT2D eigenvalue weighted by Crippen LogP contribution is -2.30. The van der Waals surface area contributed by atoms with Gasteiger partial charge in [0.05, 0.1) is 0 Å². The Balaban J connectivity index is 4.55. The van der Waals surface area contributed by atoms with E-state index in [0.717, 1.165) is 109 Å². The summed E-state index contributed by atoms with van der Waals surface area (Å²) in [6.07, 6.45) is 70.8. The van der Waals surface area contributed by atoms with Gasteiger partial charge < -0.3 is 14.2 Å². The predicted molar refractivity (Wildman–Crippen MR) is 279 cm³/mol. The third-order valence-corrected chi connectivity index (χ3v) is 10.8. The van der Waals surface area contributed by atoms with Crippen LogP contribution in [0, 0.1) is 0 Å². The van der Waals surface area contributed by atoms with Crippen LogP contribution >= 0.6 is 0 Å². The highest BCUT2D eigenvalue weighted by Gasteiger charge is 2.19. The maximum atomic E-state index is 12.8. The largest absolute Gasteiger partial charge is 0.462 e. The Morgan fingerprint density at radius 1 is 0.338 bits per heavy atom. The summed E-state index contributed by atoms with van der Waals surface area (Å²) in [6, 6.07) is 0. The molecule has 0 radical (unpaired) electrons. The Morgan fingerprint density at radius 3 is 1.17 bits per heavy atom. The highest BCUT2D eigenvalue weighted by molar-refractivity contribution is 5.71. The van der Waals surface area contributed by atoms with Gasteiger partial charge >= 0.3 is 17.9 Å². The number of unbranched alkanes of at least 4 members (excludes halogenated alkanes) is 18. The topological polar surface area (TPSA) is 78.9 Å². The van der Waals surface area contributed by atoms with Crippen molar-refractivity contribution in [3.05, 3.63) is 109 Å². The lowest BCUT2D eigenvalue weighted by molar-refractivity contribution is -0.166. The van der Waals surface area contributed by atoms with Crippen molar-refractivity contribution in [2.24, 2.45) is 0 Å². The Labute approximate surface area is 400 Å². The smallest absolute Gasteiger partial charge is 0.306 e. The van der Waals surface area contributed by atoms with E-state index in [4.69, 9.17) is 14.2 Å². The minimum atomic E-state index is -0.822. The van der Waals surface area contributed by atoms with E-state index in [1.165, 1.54) is 70.6 Å². The monoisotopic (exact) mass is 901 g/mol. The summed E-state index contributed by atoms with van der Waals surface area (Å²) in [6.45, 7) is 6.39. The highest BCUT2D eigenvalue weighted by atomic mass is 16.6. The molecule has 0 saturated carbocycles. The quantitative estimate of drug-likeness (QED) is 0.0199. The van der Waals surface area contributed by atoms with E-state index < -0.39 is 6.10 Å². The molecule has 0 aliphatic carbocycles. The molecule has 0 aromatic rings. The first-order chi connectivity index (χ1) is 32.0. The SMILES string of the molecule is CC/C=C\C/C=C\C/C=C\C/C=C\C/C=C\C/C=C\CCC(=O)OCC(COC(=O)CCCCC/C=C\CCCCCCCC)OC(=O)CCCCCCCC/C=C\C=C/CCCCC. The first kappa shape index (κ1) is 61.1. The number of rotatable bonds is 46. The number of allylic oxidation sites excluding steroid dienone is 18. The molecule has 65 heavy (non-hydrogen) atoms. The molecule has 0 aliphatic rings. The molecule has 368 valence electrons. The normalized spacial score (nSPS) is 13.0. The van der Waals surface area contributed by atoms with Crippen molar-refractivity contribution in [3.63, 3.8) is 0 Å². The fraction of sp³-hybridized carbons (Fsp3) is 0.644. The Hall–Kier alpha value is -3.93. The van der Waals surface area contributed by atoms with Crippen molar-refractivity contribution in [2.45, 2.75) is 232 Å². The van der Waals surface area contributed by atoms with Crippen LogP contribution in [0.2, 0.25) is 0 Å². The van der Waals surface area contributed by atoms with Crippen molar-refractivity contribution in [1.29, 1.82) is 0 Å². The molecule has 0 amide bonds. The van der Waals surface area contributed by atoms with E-state index in [1.54, 1.807) is 0 Å². The molecule has 1 unspecified atom stereocenters. The van der Waals surface area contributed by atoms with Crippen molar-refractivity contribution in [3.8, 4) is 0 Å². The third kappa shape index (κ3) is 50.9. The fourth-order valence-corrected chi connectivity index (χ4v) is 6.80. The van der Waals surface area contributed by atoms with Crippen LogP contribution in [0.5, 0.6) is 0 Å². The van der Waals surface area contributed by atoms with E-state index in [-0.39, 0.29) is 37.5 Å². The molecule has 6 heteroatoms. The summed E-state index contributed by atoms with van der Waals surface area (Å²) >= 11 is 0. The summed E-state index contributed by atoms with van der Waals surface area (Å²) in [5, 5.41) is 0. The zero-order valence-electron chi connectivity index (χ0n) is 42.0. The van der Waals surface area contributed by atoms with Gasteiger partial charge in [-0.3, -0.25) is 14.4 Å². The minimum absolute atomic E-state index is 0.116. The molecule has 0 fully saturated rings. The van der Waals surface area contributed by atoms with Crippen molar-refractivity contribution in [1.82, 2.24) is 0 Å². The van der Waals surface area contributed by atoms with Gasteiger partial charge in [0.2, 0.25) is 0 Å². The van der Waals surface area contributed by atoms with Crippen molar-refractivity contribution in [2.75, 3.05) is 13.2 Å². The van der Waals surface area contributed by atoms with Crippen LogP contribution in [0.4, 0.5) is 0 Å². The molecule has 1 atom stereocenters. The highest BCUT2D eigenvalue weighted by Crippen LogP contribution is 2.13. The molecule has 0 aromatic heterocycles. The van der Waals surface area contributed by atoms with Crippen LogP contribution < -0.4 is 0 Å². The number of hydrogen-bond acceptors (Lipinski definition) is 6. The average Bonchev–Trinajstić information content (AvgIpc) is 3.30. The first-order valence-corrected chi connectivity index (χ1v) is 26.4. The number of ether oxygens (including phenoxy) is 3. The van der Waals surface area contributed by atoms with Crippen LogP contribution in [-0.2, 0) is 28.6 Å². The molecule has 0 rings (SSSR count). The van der Waals surface area contributed by atoms with E-state index in [1.807, 2.05) is 12.2 Å². The van der Waals surface area contributed by atoms with Gasteiger partial charge in [-0.25, -0.2) is 0 Å². The lowest BCUT2D eigenvalue weighted by Gasteiger charge is -2.18. The van der Waals surface area contributed by atoms with Crippen LogP contribution in [-0.4, -0.2) is 37.2 Å². The second-order valence-electron chi connectivity index (χ2n) is 17.1. The Morgan fingerprint density at radius 2 is 0.677 bits per heavy atom. The molecule has 0 spiro atoms. The second-order valence-corrected chi connectivity index (χ2v) is 17.1. The molecular weight excluding hydrogens is 805 g/mol.